The lowest BCUT2D eigenvalue weighted by molar-refractivity contribution is -0.145. The lowest BCUT2D eigenvalue weighted by Gasteiger charge is -2.15. The first-order valence-corrected chi connectivity index (χ1v) is 4.09. The van der Waals surface area contributed by atoms with Gasteiger partial charge >= 0.3 is 12.4 Å². The minimum Gasteiger partial charge on any atom is -0.496 e. The molecule has 0 amide bonds. The van der Waals surface area contributed by atoms with Crippen molar-refractivity contribution in [1.82, 2.24) is 0 Å². The van der Waals surface area contributed by atoms with Crippen molar-refractivity contribution < 1.29 is 35.5 Å². The summed E-state index contributed by atoms with van der Waals surface area (Å²) in [6.07, 6.45) is -10.3. The molecule has 0 heterocycles. The average molecular weight is 262 g/mol. The van der Waals surface area contributed by atoms with Crippen molar-refractivity contribution in [1.29, 1.82) is 0 Å². The number of rotatable bonds is 1. The maximum atomic E-state index is 12.9. The Morgan fingerprint density at radius 2 is 1.35 bits per heavy atom. The first kappa shape index (κ1) is 13.6. The number of benzene rings is 1. The molecule has 0 aliphatic carbocycles. The molecule has 17 heavy (non-hydrogen) atoms. The molecule has 0 saturated heterocycles. The van der Waals surface area contributed by atoms with Crippen LogP contribution in [0.2, 0.25) is 0 Å². The zero-order valence-corrected chi connectivity index (χ0v) is 8.21. The van der Waals surface area contributed by atoms with Gasteiger partial charge in [-0.15, -0.1) is 0 Å². The minimum atomic E-state index is -5.20. The van der Waals surface area contributed by atoms with Gasteiger partial charge in [0, 0.05) is 6.07 Å². The zero-order chi connectivity index (χ0) is 13.4. The second-order valence-electron chi connectivity index (χ2n) is 3.03. The molecule has 0 unspecified atom stereocenters. The standard InChI is InChI=1S/C9H5F7O/c1-17-7-3-6(10)4(8(11,12)13)2-5(7)9(14,15)16/h2-3H,1H3. The number of halogens is 7. The smallest absolute Gasteiger partial charge is 0.419 e. The first-order valence-electron chi connectivity index (χ1n) is 4.09. The summed E-state index contributed by atoms with van der Waals surface area (Å²) in [7, 11) is 0.803. The van der Waals surface area contributed by atoms with Gasteiger partial charge in [-0.2, -0.15) is 26.3 Å². The van der Waals surface area contributed by atoms with Gasteiger partial charge in [0.25, 0.3) is 0 Å². The summed E-state index contributed by atoms with van der Waals surface area (Å²) in [4.78, 5) is 0. The Morgan fingerprint density at radius 3 is 1.71 bits per heavy atom. The summed E-state index contributed by atoms with van der Waals surface area (Å²) >= 11 is 0. The van der Waals surface area contributed by atoms with Gasteiger partial charge in [0.15, 0.2) is 0 Å². The molecule has 1 nitrogen and oxygen atoms in total. The van der Waals surface area contributed by atoms with Crippen LogP contribution in [0.25, 0.3) is 0 Å². The van der Waals surface area contributed by atoms with Crippen LogP contribution in [-0.2, 0) is 12.4 Å². The van der Waals surface area contributed by atoms with Gasteiger partial charge in [-0.3, -0.25) is 0 Å². The molecule has 0 bridgehead atoms. The summed E-state index contributed by atoms with van der Waals surface area (Å²) in [5, 5.41) is 0. The maximum absolute atomic E-state index is 12.9. The van der Waals surface area contributed by atoms with Crippen LogP contribution in [0.3, 0.4) is 0 Å². The van der Waals surface area contributed by atoms with Gasteiger partial charge < -0.3 is 4.74 Å². The number of methoxy groups -OCH3 is 1. The van der Waals surface area contributed by atoms with Gasteiger partial charge in [-0.25, -0.2) is 4.39 Å². The molecule has 0 N–H and O–H groups in total. The van der Waals surface area contributed by atoms with E-state index < -0.39 is 35.0 Å². The van der Waals surface area contributed by atoms with E-state index in [2.05, 4.69) is 4.74 Å². The van der Waals surface area contributed by atoms with Gasteiger partial charge in [0.1, 0.15) is 11.6 Å². The van der Waals surface area contributed by atoms with Crippen LogP contribution in [0.1, 0.15) is 11.1 Å². The van der Waals surface area contributed by atoms with E-state index in [4.69, 9.17) is 0 Å². The summed E-state index contributed by atoms with van der Waals surface area (Å²) in [6, 6.07) is -0.250. The molecule has 1 aromatic rings. The Morgan fingerprint density at radius 1 is 0.882 bits per heavy atom. The lowest BCUT2D eigenvalue weighted by Crippen LogP contribution is -2.14. The Kier molecular flexibility index (Phi) is 3.26. The third-order valence-corrected chi connectivity index (χ3v) is 1.90. The van der Waals surface area contributed by atoms with Crippen molar-refractivity contribution >= 4 is 0 Å². The first-order chi connectivity index (χ1) is 7.57. The Balaban J connectivity index is 3.49. The molecule has 0 atom stereocenters. The Hall–Kier alpha value is -1.47. The zero-order valence-electron chi connectivity index (χ0n) is 8.21. The van der Waals surface area contributed by atoms with Crippen molar-refractivity contribution in [3.8, 4) is 5.75 Å². The third-order valence-electron chi connectivity index (χ3n) is 1.90. The van der Waals surface area contributed by atoms with Crippen molar-refractivity contribution in [2.45, 2.75) is 12.4 Å². The van der Waals surface area contributed by atoms with Crippen LogP contribution in [0, 0.1) is 5.82 Å². The second kappa shape index (κ2) is 4.08. The van der Waals surface area contributed by atoms with Crippen LogP contribution >= 0.6 is 0 Å². The predicted molar refractivity (Wildman–Crippen MR) is 43.0 cm³/mol. The van der Waals surface area contributed by atoms with E-state index in [0.29, 0.717) is 0 Å². The van der Waals surface area contributed by atoms with E-state index in [-0.39, 0.29) is 12.1 Å². The average Bonchev–Trinajstić information content (AvgIpc) is 2.13. The van der Waals surface area contributed by atoms with Gasteiger partial charge in [0.05, 0.1) is 18.2 Å². The molecule has 1 aromatic carbocycles. The normalized spacial score (nSPS) is 12.7. The highest BCUT2D eigenvalue weighted by Crippen LogP contribution is 2.41. The van der Waals surface area contributed by atoms with Gasteiger partial charge in [-0.1, -0.05) is 0 Å². The number of ether oxygens (including phenoxy) is 1. The monoisotopic (exact) mass is 262 g/mol. The molecule has 0 spiro atoms. The second-order valence-corrected chi connectivity index (χ2v) is 3.03. The third kappa shape index (κ3) is 2.80. The van der Waals surface area contributed by atoms with Crippen LogP contribution in [-0.4, -0.2) is 7.11 Å². The highest BCUT2D eigenvalue weighted by molar-refractivity contribution is 5.41. The van der Waals surface area contributed by atoms with Crippen LogP contribution in [0.4, 0.5) is 30.7 Å². The highest BCUT2D eigenvalue weighted by Gasteiger charge is 2.41. The van der Waals surface area contributed by atoms with E-state index in [0.717, 1.165) is 7.11 Å². The van der Waals surface area contributed by atoms with E-state index >= 15 is 0 Å². The molecular formula is C9H5F7O. The minimum absolute atomic E-state index is 0.0612. The molecule has 0 fully saturated rings. The SMILES string of the molecule is COc1cc(F)c(C(F)(F)F)cc1C(F)(F)F. The van der Waals surface area contributed by atoms with Gasteiger partial charge in [0.2, 0.25) is 0 Å². The van der Waals surface area contributed by atoms with E-state index in [9.17, 15) is 30.7 Å². The van der Waals surface area contributed by atoms with Crippen LogP contribution in [0.15, 0.2) is 12.1 Å². The molecule has 1 rings (SSSR count). The number of hydrogen-bond donors (Lipinski definition) is 0. The molecule has 0 aliphatic heterocycles. The summed E-state index contributed by atoms with van der Waals surface area (Å²) in [5.74, 6) is -2.81. The summed E-state index contributed by atoms with van der Waals surface area (Å²) in [5.41, 5.74) is -3.65. The largest absolute Gasteiger partial charge is 0.496 e. The van der Waals surface area contributed by atoms with E-state index in [1.807, 2.05) is 0 Å². The van der Waals surface area contributed by atoms with Gasteiger partial charge in [-0.05, 0) is 6.07 Å². The molecular weight excluding hydrogens is 257 g/mol. The Labute approximate surface area is 90.8 Å². The van der Waals surface area contributed by atoms with E-state index in [1.54, 1.807) is 0 Å². The van der Waals surface area contributed by atoms with Crippen molar-refractivity contribution in [2.24, 2.45) is 0 Å². The van der Waals surface area contributed by atoms with E-state index in [1.165, 1.54) is 0 Å². The maximum Gasteiger partial charge on any atom is 0.419 e. The number of alkyl halides is 6. The molecule has 0 aromatic heterocycles. The fourth-order valence-electron chi connectivity index (χ4n) is 1.16. The molecule has 0 radical (unpaired) electrons. The van der Waals surface area contributed by atoms with Crippen molar-refractivity contribution in [3.63, 3.8) is 0 Å². The highest BCUT2D eigenvalue weighted by atomic mass is 19.4. The lowest BCUT2D eigenvalue weighted by atomic mass is 10.1. The molecule has 0 aliphatic rings. The van der Waals surface area contributed by atoms with Crippen LogP contribution in [0.5, 0.6) is 5.75 Å². The fraction of sp³-hybridized carbons (Fsp3) is 0.333. The predicted octanol–water partition coefficient (Wildman–Crippen LogP) is 3.87. The fourth-order valence-corrected chi connectivity index (χ4v) is 1.16. The van der Waals surface area contributed by atoms with Crippen molar-refractivity contribution in [3.05, 3.63) is 29.1 Å². The van der Waals surface area contributed by atoms with Crippen LogP contribution < -0.4 is 4.74 Å². The number of hydrogen-bond acceptors (Lipinski definition) is 1. The summed E-state index contributed by atoms with van der Waals surface area (Å²) in [6.45, 7) is 0. The Bertz CT molecular complexity index is 419. The quantitative estimate of drug-likeness (QED) is 0.698. The topological polar surface area (TPSA) is 9.23 Å². The molecule has 96 valence electrons. The molecule has 8 heteroatoms. The molecule has 0 saturated carbocycles. The van der Waals surface area contributed by atoms with Crippen molar-refractivity contribution in [2.75, 3.05) is 7.11 Å². The summed E-state index contributed by atoms with van der Waals surface area (Å²) < 4.78 is 90.8.